The Morgan fingerprint density at radius 2 is 1.78 bits per heavy atom. The largest absolute Gasteiger partial charge is 0.481 e. The molecule has 2 N–H and O–H groups in total. The first-order valence-corrected chi connectivity index (χ1v) is 6.65. The zero-order chi connectivity index (χ0) is 13.8. The average molecular weight is 297 g/mol. The summed E-state index contributed by atoms with van der Waals surface area (Å²) < 4.78 is 32.3. The second-order valence-corrected chi connectivity index (χ2v) is 5.07. The highest BCUT2D eigenvalue weighted by Crippen LogP contribution is 2.17. The van der Waals surface area contributed by atoms with E-state index in [0.29, 0.717) is 0 Å². The van der Waals surface area contributed by atoms with Gasteiger partial charge in [-0.2, -0.15) is 18.4 Å². The van der Waals surface area contributed by atoms with E-state index in [0.717, 1.165) is 0 Å². The quantitative estimate of drug-likeness (QED) is 0.756. The molecule has 11 heteroatoms. The number of hydrogen-bond donors (Lipinski definition) is 2. The van der Waals surface area contributed by atoms with Crippen molar-refractivity contribution in [3.8, 4) is 11.8 Å². The van der Waals surface area contributed by atoms with Gasteiger partial charge in [-0.1, -0.05) is 0 Å². The molecule has 0 unspecified atom stereocenters. The van der Waals surface area contributed by atoms with Crippen LogP contribution >= 0.6 is 10.7 Å². The Labute approximate surface area is 107 Å². The van der Waals surface area contributed by atoms with Crippen LogP contribution < -0.4 is 19.5 Å². The number of aromatic nitrogens is 2. The van der Waals surface area contributed by atoms with Crippen molar-refractivity contribution in [2.45, 2.75) is 0 Å². The molecule has 0 spiro atoms. The average Bonchev–Trinajstić information content (AvgIpc) is 2.25. The summed E-state index contributed by atoms with van der Waals surface area (Å²) in [5.74, 6) is 0.0563. The number of nitrogens with zero attached hydrogens (tertiary/aromatic N) is 2. The fourth-order valence-corrected chi connectivity index (χ4v) is 1.39. The topological polar surface area (TPSA) is 120 Å². The van der Waals surface area contributed by atoms with Crippen molar-refractivity contribution in [1.82, 2.24) is 14.7 Å². The molecule has 0 fully saturated rings. The van der Waals surface area contributed by atoms with Gasteiger partial charge in [-0.25, -0.2) is 9.52 Å². The minimum atomic E-state index is -4.18. The molecule has 0 saturated heterocycles. The van der Waals surface area contributed by atoms with Gasteiger partial charge in [0.2, 0.25) is 17.7 Å². The van der Waals surface area contributed by atoms with Crippen molar-refractivity contribution in [2.24, 2.45) is 0 Å². The molecule has 9 nitrogen and oxygen atoms in total. The molecule has 0 atom stereocenters. The van der Waals surface area contributed by atoms with Crippen LogP contribution in [0.3, 0.4) is 0 Å². The number of halogens is 1. The predicted octanol–water partition coefficient (Wildman–Crippen LogP) is 0.0989. The molecular weight excluding hydrogens is 288 g/mol. The molecule has 1 aromatic rings. The zero-order valence-electron chi connectivity index (χ0n) is 9.30. The molecule has 100 valence electrons. The SMILES string of the molecule is COc1cc(OC)nc(NC(=O)NS(=O)(=O)Cl)n1. The maximum Gasteiger partial charge on any atom is 0.336 e. The maximum atomic E-state index is 11.2. The third-order valence-corrected chi connectivity index (χ3v) is 2.20. The summed E-state index contributed by atoms with van der Waals surface area (Å²) in [6.07, 6.45) is 0. The monoisotopic (exact) mass is 296 g/mol. The molecule has 0 aliphatic heterocycles. The molecule has 0 aliphatic rings. The van der Waals surface area contributed by atoms with E-state index in [1.54, 1.807) is 0 Å². The van der Waals surface area contributed by atoms with Crippen LogP contribution in [0.2, 0.25) is 0 Å². The standard InChI is InChI=1S/C7H9ClN4O5S/c1-16-4-3-5(17-2)10-6(9-4)11-7(13)12-18(8,14)15/h3H,1-2H3,(H2,9,10,11,12,13). The fraction of sp³-hybridized carbons (Fsp3) is 0.286. The number of ether oxygens (including phenoxy) is 2. The van der Waals surface area contributed by atoms with Crippen molar-refractivity contribution >= 4 is 31.9 Å². The number of rotatable bonds is 4. The van der Waals surface area contributed by atoms with Crippen molar-refractivity contribution < 1.29 is 22.7 Å². The van der Waals surface area contributed by atoms with E-state index in [1.807, 2.05) is 0 Å². The number of amides is 2. The molecule has 0 aromatic carbocycles. The van der Waals surface area contributed by atoms with E-state index in [9.17, 15) is 13.2 Å². The molecule has 1 aromatic heterocycles. The van der Waals surface area contributed by atoms with Gasteiger partial charge in [0.15, 0.2) is 0 Å². The molecule has 0 bridgehead atoms. The first-order chi connectivity index (χ1) is 8.34. The first kappa shape index (κ1) is 14.3. The van der Waals surface area contributed by atoms with Gasteiger partial charge in [0, 0.05) is 10.7 Å². The second kappa shape index (κ2) is 5.69. The summed E-state index contributed by atoms with van der Waals surface area (Å²) in [5, 5.41) is 2.05. The van der Waals surface area contributed by atoms with Crippen LogP contribution in [0.1, 0.15) is 0 Å². The highest BCUT2D eigenvalue weighted by atomic mass is 35.7. The summed E-state index contributed by atoms with van der Waals surface area (Å²) >= 11 is 0. The molecule has 0 saturated carbocycles. The third-order valence-electron chi connectivity index (χ3n) is 1.54. The van der Waals surface area contributed by atoms with Crippen LogP contribution in [-0.4, -0.2) is 38.6 Å². The fourth-order valence-electron chi connectivity index (χ4n) is 0.907. The van der Waals surface area contributed by atoms with Gasteiger partial charge in [-0.3, -0.25) is 5.32 Å². The lowest BCUT2D eigenvalue weighted by atomic mass is 10.6. The number of hydrogen-bond acceptors (Lipinski definition) is 7. The van der Waals surface area contributed by atoms with E-state index in [4.69, 9.17) is 20.2 Å². The molecule has 2 amide bonds. The van der Waals surface area contributed by atoms with Crippen LogP contribution in [0.4, 0.5) is 10.7 Å². The van der Waals surface area contributed by atoms with Crippen molar-refractivity contribution in [1.29, 1.82) is 0 Å². The van der Waals surface area contributed by atoms with Gasteiger partial charge in [0.05, 0.1) is 20.3 Å². The first-order valence-electron chi connectivity index (χ1n) is 4.34. The molecule has 18 heavy (non-hydrogen) atoms. The van der Waals surface area contributed by atoms with Gasteiger partial charge < -0.3 is 9.47 Å². The van der Waals surface area contributed by atoms with Crippen molar-refractivity contribution in [3.63, 3.8) is 0 Å². The predicted molar refractivity (Wildman–Crippen MR) is 62.1 cm³/mol. The molecule has 0 radical (unpaired) electrons. The maximum absolute atomic E-state index is 11.2. The summed E-state index contributed by atoms with van der Waals surface area (Å²) in [5.41, 5.74) is 0. The van der Waals surface area contributed by atoms with Crippen molar-refractivity contribution in [2.75, 3.05) is 19.5 Å². The second-order valence-electron chi connectivity index (χ2n) is 2.77. The van der Waals surface area contributed by atoms with E-state index < -0.39 is 15.3 Å². The van der Waals surface area contributed by atoms with Crippen LogP contribution in [0.5, 0.6) is 11.8 Å². The van der Waals surface area contributed by atoms with Gasteiger partial charge in [0.1, 0.15) is 0 Å². The highest BCUT2D eigenvalue weighted by molar-refractivity contribution is 8.12. The van der Waals surface area contributed by atoms with E-state index in [-0.39, 0.29) is 17.7 Å². The molecular formula is C7H9ClN4O5S. The van der Waals surface area contributed by atoms with Crippen LogP contribution in [0, 0.1) is 0 Å². The Bertz CT molecular complexity index is 527. The van der Waals surface area contributed by atoms with Crippen LogP contribution in [-0.2, 0) is 9.24 Å². The highest BCUT2D eigenvalue weighted by Gasteiger charge is 2.13. The minimum Gasteiger partial charge on any atom is -0.481 e. The number of carbonyl (C=O) groups excluding carboxylic acids is 1. The lowest BCUT2D eigenvalue weighted by Gasteiger charge is -2.07. The minimum absolute atomic E-state index is 0.130. The van der Waals surface area contributed by atoms with Crippen LogP contribution in [0.25, 0.3) is 0 Å². The third kappa shape index (κ3) is 4.59. The van der Waals surface area contributed by atoms with E-state index >= 15 is 0 Å². The lowest BCUT2D eigenvalue weighted by molar-refractivity contribution is 0.256. The van der Waals surface area contributed by atoms with Gasteiger partial charge in [0.25, 0.3) is 0 Å². The Kier molecular flexibility index (Phi) is 4.50. The van der Waals surface area contributed by atoms with Gasteiger partial charge in [-0.15, -0.1) is 0 Å². The number of carbonyl (C=O) groups is 1. The summed E-state index contributed by atoms with van der Waals surface area (Å²) in [4.78, 5) is 18.7. The molecule has 0 aliphatic carbocycles. The normalized spacial score (nSPS) is 10.6. The Morgan fingerprint density at radius 1 is 1.28 bits per heavy atom. The van der Waals surface area contributed by atoms with Gasteiger partial charge in [-0.05, 0) is 0 Å². The molecule has 1 heterocycles. The number of urea groups is 1. The Morgan fingerprint density at radius 3 is 2.17 bits per heavy atom. The number of nitrogens with one attached hydrogen (secondary N) is 2. The van der Waals surface area contributed by atoms with E-state index in [2.05, 4.69) is 15.3 Å². The number of anilines is 1. The Hall–Kier alpha value is -1.81. The van der Waals surface area contributed by atoms with Crippen molar-refractivity contribution in [3.05, 3.63) is 6.07 Å². The molecule has 1 rings (SSSR count). The van der Waals surface area contributed by atoms with E-state index in [1.165, 1.54) is 25.0 Å². The summed E-state index contributed by atoms with van der Waals surface area (Å²) in [7, 11) is 3.35. The summed E-state index contributed by atoms with van der Waals surface area (Å²) in [6, 6.07) is 0.266. The smallest absolute Gasteiger partial charge is 0.336 e. The lowest BCUT2D eigenvalue weighted by Crippen LogP contribution is -2.31. The Balaban J connectivity index is 2.87. The van der Waals surface area contributed by atoms with Crippen LogP contribution in [0.15, 0.2) is 6.07 Å². The van der Waals surface area contributed by atoms with Gasteiger partial charge >= 0.3 is 15.3 Å². The zero-order valence-corrected chi connectivity index (χ0v) is 10.9. The number of methoxy groups -OCH3 is 2. The summed E-state index contributed by atoms with van der Waals surface area (Å²) in [6.45, 7) is 0.